The van der Waals surface area contributed by atoms with E-state index in [-0.39, 0.29) is 24.0 Å². The number of nitrogens with zero attached hydrogens (tertiary/aromatic N) is 3. The third-order valence-electron chi connectivity index (χ3n) is 5.17. The molecule has 2 aromatic rings. The molecule has 1 saturated heterocycles. The van der Waals surface area contributed by atoms with E-state index in [4.69, 9.17) is 21.1 Å². The van der Waals surface area contributed by atoms with Gasteiger partial charge in [-0.1, -0.05) is 35.9 Å². The molecule has 0 atom stereocenters. The smallest absolute Gasteiger partial charge is 0.194 e. The minimum absolute atomic E-state index is 0. The Kier molecular flexibility index (Phi) is 10.4. The SMILES string of the molecule is CN=C(NCc1ccc(COC2CCOCC2)cc1)N(C)Cc1cc(Cl)cn1C.I. The first-order valence-corrected chi connectivity index (χ1v) is 10.4. The van der Waals surface area contributed by atoms with E-state index in [9.17, 15) is 0 Å². The summed E-state index contributed by atoms with van der Waals surface area (Å²) in [4.78, 5) is 6.48. The molecule has 1 aliphatic heterocycles. The van der Waals surface area contributed by atoms with Gasteiger partial charge in [-0.15, -0.1) is 24.0 Å². The van der Waals surface area contributed by atoms with Crippen LogP contribution < -0.4 is 5.32 Å². The first-order valence-electron chi connectivity index (χ1n) is 10.0. The molecule has 3 rings (SSSR count). The highest BCUT2D eigenvalue weighted by atomic mass is 127. The van der Waals surface area contributed by atoms with E-state index in [0.717, 1.165) is 49.3 Å². The molecule has 0 amide bonds. The van der Waals surface area contributed by atoms with Gasteiger partial charge in [0.25, 0.3) is 0 Å². The third kappa shape index (κ3) is 7.44. The van der Waals surface area contributed by atoms with Crippen LogP contribution in [-0.2, 0) is 36.2 Å². The van der Waals surface area contributed by atoms with Gasteiger partial charge in [0.1, 0.15) is 0 Å². The third-order valence-corrected chi connectivity index (χ3v) is 5.38. The molecule has 166 valence electrons. The number of hydrogen-bond acceptors (Lipinski definition) is 3. The Morgan fingerprint density at radius 2 is 1.93 bits per heavy atom. The summed E-state index contributed by atoms with van der Waals surface area (Å²) >= 11 is 6.08. The van der Waals surface area contributed by atoms with Crippen molar-refractivity contribution in [1.82, 2.24) is 14.8 Å². The number of nitrogens with one attached hydrogen (secondary N) is 1. The van der Waals surface area contributed by atoms with Gasteiger partial charge < -0.3 is 24.3 Å². The van der Waals surface area contributed by atoms with Gasteiger partial charge in [-0.2, -0.15) is 0 Å². The summed E-state index contributed by atoms with van der Waals surface area (Å²) in [5.74, 6) is 0.842. The van der Waals surface area contributed by atoms with Crippen LogP contribution in [0.15, 0.2) is 41.5 Å². The molecule has 0 bridgehead atoms. The van der Waals surface area contributed by atoms with Gasteiger partial charge in [0, 0.05) is 52.8 Å². The quantitative estimate of drug-likeness (QED) is 0.321. The molecule has 1 aliphatic rings. The summed E-state index contributed by atoms with van der Waals surface area (Å²) in [5.41, 5.74) is 3.54. The molecule has 8 heteroatoms. The number of ether oxygens (including phenoxy) is 2. The van der Waals surface area contributed by atoms with E-state index < -0.39 is 0 Å². The largest absolute Gasteiger partial charge is 0.381 e. The summed E-state index contributed by atoms with van der Waals surface area (Å²) in [6, 6.07) is 10.5. The number of aromatic nitrogens is 1. The van der Waals surface area contributed by atoms with Crippen LogP contribution in [0.25, 0.3) is 0 Å². The molecule has 1 fully saturated rings. The molecule has 0 spiro atoms. The van der Waals surface area contributed by atoms with Gasteiger partial charge in [0.2, 0.25) is 0 Å². The second-order valence-electron chi connectivity index (χ2n) is 7.46. The molecule has 0 aliphatic carbocycles. The van der Waals surface area contributed by atoms with Gasteiger partial charge in [0.05, 0.1) is 24.3 Å². The number of hydrogen-bond donors (Lipinski definition) is 1. The Bertz CT molecular complexity index is 804. The summed E-state index contributed by atoms with van der Waals surface area (Å²) in [6.45, 7) is 3.71. The maximum absolute atomic E-state index is 6.08. The predicted octanol–water partition coefficient (Wildman–Crippen LogP) is 4.20. The fourth-order valence-electron chi connectivity index (χ4n) is 3.42. The summed E-state index contributed by atoms with van der Waals surface area (Å²) in [5, 5.41) is 4.17. The second-order valence-corrected chi connectivity index (χ2v) is 7.89. The van der Waals surface area contributed by atoms with Crippen LogP contribution in [0, 0.1) is 0 Å². The number of aliphatic imine (C=N–C) groups is 1. The zero-order chi connectivity index (χ0) is 20.6. The average molecular weight is 547 g/mol. The van der Waals surface area contributed by atoms with Crippen molar-refractivity contribution < 1.29 is 9.47 Å². The highest BCUT2D eigenvalue weighted by molar-refractivity contribution is 14.0. The lowest BCUT2D eigenvalue weighted by Crippen LogP contribution is -2.38. The second kappa shape index (κ2) is 12.5. The average Bonchev–Trinajstić information content (AvgIpc) is 3.05. The maximum Gasteiger partial charge on any atom is 0.194 e. The van der Waals surface area contributed by atoms with E-state index >= 15 is 0 Å². The van der Waals surface area contributed by atoms with Crippen molar-refractivity contribution in [2.75, 3.05) is 27.3 Å². The van der Waals surface area contributed by atoms with E-state index in [0.29, 0.717) is 19.3 Å². The van der Waals surface area contributed by atoms with E-state index in [2.05, 4.69) is 39.5 Å². The van der Waals surface area contributed by atoms with Crippen LogP contribution in [0.1, 0.15) is 29.7 Å². The van der Waals surface area contributed by atoms with Gasteiger partial charge >= 0.3 is 0 Å². The van der Waals surface area contributed by atoms with Gasteiger partial charge in [0.15, 0.2) is 5.96 Å². The minimum atomic E-state index is 0. The van der Waals surface area contributed by atoms with E-state index in [1.54, 1.807) is 7.05 Å². The number of aryl methyl sites for hydroxylation is 1. The van der Waals surface area contributed by atoms with Crippen LogP contribution in [0.3, 0.4) is 0 Å². The lowest BCUT2D eigenvalue weighted by Gasteiger charge is -2.23. The molecule has 2 heterocycles. The molecule has 1 N–H and O–H groups in total. The van der Waals surface area contributed by atoms with Crippen LogP contribution in [-0.4, -0.2) is 48.8 Å². The van der Waals surface area contributed by atoms with E-state index in [1.165, 1.54) is 11.1 Å². The first-order chi connectivity index (χ1) is 14.0. The van der Waals surface area contributed by atoms with Gasteiger partial charge in [-0.25, -0.2) is 0 Å². The van der Waals surface area contributed by atoms with Crippen molar-refractivity contribution in [2.24, 2.45) is 12.0 Å². The molecule has 0 radical (unpaired) electrons. The summed E-state index contributed by atoms with van der Waals surface area (Å²) < 4.78 is 13.4. The van der Waals surface area contributed by atoms with Crippen LogP contribution in [0.4, 0.5) is 0 Å². The highest BCUT2D eigenvalue weighted by Crippen LogP contribution is 2.15. The van der Waals surface area contributed by atoms with Crippen molar-refractivity contribution in [2.45, 2.75) is 38.6 Å². The van der Waals surface area contributed by atoms with Crippen LogP contribution >= 0.6 is 35.6 Å². The Morgan fingerprint density at radius 3 is 2.53 bits per heavy atom. The number of rotatable bonds is 7. The van der Waals surface area contributed by atoms with Crippen molar-refractivity contribution in [1.29, 1.82) is 0 Å². The molecule has 0 unspecified atom stereocenters. The number of guanidine groups is 1. The van der Waals surface area contributed by atoms with Crippen molar-refractivity contribution in [3.63, 3.8) is 0 Å². The summed E-state index contributed by atoms with van der Waals surface area (Å²) in [7, 11) is 5.82. The predicted molar refractivity (Wildman–Crippen MR) is 133 cm³/mol. The molecular formula is C22H32ClIN4O2. The minimum Gasteiger partial charge on any atom is -0.381 e. The Labute approximate surface area is 201 Å². The molecule has 0 saturated carbocycles. The molecular weight excluding hydrogens is 515 g/mol. The topological polar surface area (TPSA) is 51.0 Å². The standard InChI is InChI=1S/C22H31ClN4O2.HI/c1-24-22(27(3)15-20-12-19(23)14-26(20)2)25-13-17-4-6-18(7-5-17)16-29-21-8-10-28-11-9-21;/h4-7,12,14,21H,8-11,13,15-16H2,1-3H3,(H,24,25);1H. The maximum atomic E-state index is 6.08. The number of benzene rings is 1. The number of halogens is 2. The first kappa shape index (κ1) is 25.0. The van der Waals surface area contributed by atoms with Crippen molar-refractivity contribution in [3.05, 3.63) is 58.4 Å². The summed E-state index contributed by atoms with van der Waals surface area (Å²) in [6.07, 6.45) is 4.21. The fraction of sp³-hybridized carbons (Fsp3) is 0.500. The Hall–Kier alpha value is -1.29. The lowest BCUT2D eigenvalue weighted by atomic mass is 10.1. The zero-order valence-electron chi connectivity index (χ0n) is 17.9. The lowest BCUT2D eigenvalue weighted by molar-refractivity contribution is -0.0390. The Balaban J connectivity index is 0.00000320. The molecule has 1 aromatic heterocycles. The normalized spacial score (nSPS) is 15.0. The van der Waals surface area contributed by atoms with Gasteiger partial charge in [-0.3, -0.25) is 4.99 Å². The van der Waals surface area contributed by atoms with Gasteiger partial charge in [-0.05, 0) is 30.0 Å². The fourth-order valence-corrected chi connectivity index (χ4v) is 3.69. The highest BCUT2D eigenvalue weighted by Gasteiger charge is 2.14. The Morgan fingerprint density at radius 1 is 1.27 bits per heavy atom. The van der Waals surface area contributed by atoms with E-state index in [1.807, 2.05) is 30.9 Å². The monoisotopic (exact) mass is 546 g/mol. The van der Waals surface area contributed by atoms with Crippen molar-refractivity contribution >= 4 is 41.5 Å². The molecule has 30 heavy (non-hydrogen) atoms. The molecule has 6 nitrogen and oxygen atoms in total. The zero-order valence-corrected chi connectivity index (χ0v) is 21.0. The van der Waals surface area contributed by atoms with Crippen LogP contribution in [0.2, 0.25) is 5.02 Å². The van der Waals surface area contributed by atoms with Crippen LogP contribution in [0.5, 0.6) is 0 Å². The van der Waals surface area contributed by atoms with Crippen molar-refractivity contribution in [3.8, 4) is 0 Å². The molecule has 1 aromatic carbocycles.